The van der Waals surface area contributed by atoms with Gasteiger partial charge in [0.1, 0.15) is 12.4 Å². The van der Waals surface area contributed by atoms with Crippen LogP contribution in [0.15, 0.2) is 39.3 Å². The molecule has 2 aromatic rings. The number of rotatable bonds is 3. The van der Waals surface area contributed by atoms with Gasteiger partial charge in [-0.2, -0.15) is 0 Å². The molecule has 0 aliphatic carbocycles. The Morgan fingerprint density at radius 2 is 2.27 bits per heavy atom. The molecular formula is C10H9BrN2O2. The van der Waals surface area contributed by atoms with E-state index in [1.165, 1.54) is 0 Å². The molecule has 2 rings (SSSR count). The van der Waals surface area contributed by atoms with Crippen LogP contribution >= 0.6 is 15.9 Å². The van der Waals surface area contributed by atoms with E-state index in [0.717, 1.165) is 10.2 Å². The molecule has 0 unspecified atom stereocenters. The molecule has 0 fully saturated rings. The molecule has 2 N–H and O–H groups in total. The first kappa shape index (κ1) is 10.0. The normalized spacial score (nSPS) is 10.2. The average Bonchev–Trinajstić information content (AvgIpc) is 2.62. The van der Waals surface area contributed by atoms with Crippen LogP contribution in [0.5, 0.6) is 5.75 Å². The first-order chi connectivity index (χ1) is 7.24. The Bertz CT molecular complexity index is 456. The van der Waals surface area contributed by atoms with Crippen LogP contribution in [-0.2, 0) is 6.61 Å². The van der Waals surface area contributed by atoms with E-state index < -0.39 is 0 Å². The van der Waals surface area contributed by atoms with Crippen LogP contribution in [-0.4, -0.2) is 5.16 Å². The molecule has 4 nitrogen and oxygen atoms in total. The summed E-state index contributed by atoms with van der Waals surface area (Å²) >= 11 is 3.36. The minimum absolute atomic E-state index is 0.320. The van der Waals surface area contributed by atoms with Crippen molar-refractivity contribution in [2.24, 2.45) is 0 Å². The maximum Gasteiger partial charge on any atom is 0.176 e. The number of nitrogens with two attached hydrogens (primary N) is 1. The lowest BCUT2D eigenvalue weighted by Gasteiger charge is -2.03. The molecule has 0 saturated carbocycles. The molecule has 5 heteroatoms. The second kappa shape index (κ2) is 4.35. The molecule has 1 heterocycles. The van der Waals surface area contributed by atoms with Crippen LogP contribution in [0.2, 0.25) is 0 Å². The van der Waals surface area contributed by atoms with E-state index in [1.807, 2.05) is 24.3 Å². The number of ether oxygens (including phenoxy) is 1. The number of halogens is 1. The van der Waals surface area contributed by atoms with Crippen molar-refractivity contribution in [2.75, 3.05) is 5.73 Å². The quantitative estimate of drug-likeness (QED) is 0.930. The van der Waals surface area contributed by atoms with Crippen molar-refractivity contribution >= 4 is 21.7 Å². The van der Waals surface area contributed by atoms with E-state index in [-0.39, 0.29) is 0 Å². The number of hydrogen-bond donors (Lipinski definition) is 1. The highest BCUT2D eigenvalue weighted by Gasteiger charge is 2.02. The molecule has 0 atom stereocenters. The third-order valence-corrected chi connectivity index (χ3v) is 2.25. The summed E-state index contributed by atoms with van der Waals surface area (Å²) in [6.07, 6.45) is 0. The second-order valence-corrected chi connectivity index (χ2v) is 3.88. The SMILES string of the molecule is Nc1cc(COc2cccc(Br)c2)on1. The van der Waals surface area contributed by atoms with E-state index >= 15 is 0 Å². The van der Waals surface area contributed by atoms with Crippen LogP contribution in [0.25, 0.3) is 0 Å². The molecule has 0 saturated heterocycles. The van der Waals surface area contributed by atoms with Gasteiger partial charge in [0, 0.05) is 10.5 Å². The molecule has 0 radical (unpaired) electrons. The highest BCUT2D eigenvalue weighted by Crippen LogP contribution is 2.19. The van der Waals surface area contributed by atoms with Crippen molar-refractivity contribution in [3.8, 4) is 5.75 Å². The Balaban J connectivity index is 1.99. The lowest BCUT2D eigenvalue weighted by molar-refractivity contribution is 0.249. The molecule has 15 heavy (non-hydrogen) atoms. The molecule has 1 aromatic carbocycles. The Labute approximate surface area is 95.1 Å². The van der Waals surface area contributed by atoms with Crippen molar-refractivity contribution in [2.45, 2.75) is 6.61 Å². The maximum absolute atomic E-state index is 5.47. The monoisotopic (exact) mass is 268 g/mol. The van der Waals surface area contributed by atoms with Gasteiger partial charge in [0.25, 0.3) is 0 Å². The summed E-state index contributed by atoms with van der Waals surface area (Å²) in [5, 5.41) is 3.56. The predicted molar refractivity (Wildman–Crippen MR) is 59.4 cm³/mol. The Morgan fingerprint density at radius 3 is 2.93 bits per heavy atom. The minimum atomic E-state index is 0.320. The standard InChI is InChI=1S/C10H9BrN2O2/c11-7-2-1-3-8(4-7)14-6-9-5-10(12)13-15-9/h1-5H,6H2,(H2,12,13). The average molecular weight is 269 g/mol. The molecule has 0 spiro atoms. The van der Waals surface area contributed by atoms with Gasteiger partial charge >= 0.3 is 0 Å². The predicted octanol–water partition coefficient (Wildman–Crippen LogP) is 2.60. The molecule has 0 amide bonds. The molecule has 0 aliphatic heterocycles. The summed E-state index contributed by atoms with van der Waals surface area (Å²) in [5.74, 6) is 1.73. The van der Waals surface area contributed by atoms with Gasteiger partial charge in [0.05, 0.1) is 0 Å². The zero-order valence-electron chi connectivity index (χ0n) is 7.81. The number of nitrogen functional groups attached to an aromatic ring is 1. The number of nitrogens with zero attached hydrogens (tertiary/aromatic N) is 1. The van der Waals surface area contributed by atoms with Gasteiger partial charge in [-0.15, -0.1) is 0 Å². The lowest BCUT2D eigenvalue weighted by Crippen LogP contribution is -1.93. The minimum Gasteiger partial charge on any atom is -0.486 e. The molecule has 0 bridgehead atoms. The number of anilines is 1. The van der Waals surface area contributed by atoms with Gasteiger partial charge in [0.2, 0.25) is 0 Å². The van der Waals surface area contributed by atoms with Gasteiger partial charge in [-0.25, -0.2) is 0 Å². The van der Waals surface area contributed by atoms with Crippen molar-refractivity contribution in [3.63, 3.8) is 0 Å². The van der Waals surface area contributed by atoms with E-state index in [4.69, 9.17) is 15.0 Å². The zero-order valence-corrected chi connectivity index (χ0v) is 9.40. The largest absolute Gasteiger partial charge is 0.486 e. The number of aromatic nitrogens is 1. The highest BCUT2D eigenvalue weighted by atomic mass is 79.9. The van der Waals surface area contributed by atoms with Crippen molar-refractivity contribution in [1.29, 1.82) is 0 Å². The fraction of sp³-hybridized carbons (Fsp3) is 0.100. The van der Waals surface area contributed by atoms with Crippen LogP contribution < -0.4 is 10.5 Å². The molecule has 0 aliphatic rings. The Morgan fingerprint density at radius 1 is 1.40 bits per heavy atom. The summed E-state index contributed by atoms with van der Waals surface area (Å²) in [6.45, 7) is 0.320. The van der Waals surface area contributed by atoms with E-state index in [1.54, 1.807) is 6.07 Å². The van der Waals surface area contributed by atoms with Gasteiger partial charge in [0.15, 0.2) is 11.6 Å². The Hall–Kier alpha value is -1.49. The van der Waals surface area contributed by atoms with Crippen molar-refractivity contribution < 1.29 is 9.26 Å². The first-order valence-electron chi connectivity index (χ1n) is 4.33. The first-order valence-corrected chi connectivity index (χ1v) is 5.13. The van der Waals surface area contributed by atoms with E-state index in [2.05, 4.69) is 21.1 Å². The second-order valence-electron chi connectivity index (χ2n) is 2.96. The highest BCUT2D eigenvalue weighted by molar-refractivity contribution is 9.10. The van der Waals surface area contributed by atoms with Gasteiger partial charge in [-0.3, -0.25) is 0 Å². The van der Waals surface area contributed by atoms with Gasteiger partial charge in [-0.1, -0.05) is 27.2 Å². The van der Waals surface area contributed by atoms with Crippen molar-refractivity contribution in [1.82, 2.24) is 5.16 Å². The van der Waals surface area contributed by atoms with E-state index in [0.29, 0.717) is 18.2 Å². The van der Waals surface area contributed by atoms with Crippen LogP contribution in [0.1, 0.15) is 5.76 Å². The van der Waals surface area contributed by atoms with Gasteiger partial charge < -0.3 is 15.0 Å². The van der Waals surface area contributed by atoms with Gasteiger partial charge in [-0.05, 0) is 18.2 Å². The smallest absolute Gasteiger partial charge is 0.176 e. The summed E-state index contributed by atoms with van der Waals surface area (Å²) in [4.78, 5) is 0. The topological polar surface area (TPSA) is 61.3 Å². The molecule has 78 valence electrons. The fourth-order valence-electron chi connectivity index (χ4n) is 1.11. The Kier molecular flexibility index (Phi) is 2.91. The summed E-state index contributed by atoms with van der Waals surface area (Å²) in [5.41, 5.74) is 5.40. The maximum atomic E-state index is 5.47. The van der Waals surface area contributed by atoms with E-state index in [9.17, 15) is 0 Å². The van der Waals surface area contributed by atoms with Crippen molar-refractivity contribution in [3.05, 3.63) is 40.6 Å². The zero-order chi connectivity index (χ0) is 10.7. The van der Waals surface area contributed by atoms with Crippen LogP contribution in [0, 0.1) is 0 Å². The number of benzene rings is 1. The number of hydrogen-bond acceptors (Lipinski definition) is 4. The van der Waals surface area contributed by atoms with Crippen LogP contribution in [0.4, 0.5) is 5.82 Å². The molecular weight excluding hydrogens is 260 g/mol. The summed E-state index contributed by atoms with van der Waals surface area (Å²) < 4.78 is 11.3. The summed E-state index contributed by atoms with van der Waals surface area (Å²) in [7, 11) is 0. The fourth-order valence-corrected chi connectivity index (χ4v) is 1.49. The summed E-state index contributed by atoms with van der Waals surface area (Å²) in [6, 6.07) is 9.20. The third-order valence-electron chi connectivity index (χ3n) is 1.75. The third kappa shape index (κ3) is 2.73. The molecule has 1 aromatic heterocycles. The lowest BCUT2D eigenvalue weighted by atomic mass is 10.3. The van der Waals surface area contributed by atoms with Crippen LogP contribution in [0.3, 0.4) is 0 Å².